The van der Waals surface area contributed by atoms with Crippen LogP contribution in [0.25, 0.3) is 22.3 Å². The van der Waals surface area contributed by atoms with Gasteiger partial charge in [0.1, 0.15) is 12.4 Å². The van der Waals surface area contributed by atoms with E-state index in [0.29, 0.717) is 24.2 Å². The second kappa shape index (κ2) is 15.6. The molecule has 5 heterocycles. The number of ether oxygens (including phenoxy) is 3. The van der Waals surface area contributed by atoms with Crippen LogP contribution in [0.4, 0.5) is 0 Å². The lowest BCUT2D eigenvalue weighted by molar-refractivity contribution is -0.261. The number of pyridine rings is 2. The van der Waals surface area contributed by atoms with Crippen molar-refractivity contribution in [1.29, 1.82) is 0 Å². The molecule has 3 aliphatic heterocycles. The molecule has 1 saturated heterocycles. The molecule has 0 amide bonds. The highest BCUT2D eigenvalue weighted by molar-refractivity contribution is 7.90. The molecule has 2 N–H and O–H groups in total. The third-order valence-electron chi connectivity index (χ3n) is 11.7. The first-order chi connectivity index (χ1) is 27.8. The Hall–Kier alpha value is -4.96. The predicted molar refractivity (Wildman–Crippen MR) is 221 cm³/mol. The monoisotopic (exact) mass is 827 g/mol. The van der Waals surface area contributed by atoms with Gasteiger partial charge in [-0.1, -0.05) is 56.7 Å². The number of para-hydroxylation sites is 1. The maximum atomic E-state index is 14.5. The Balaban J connectivity index is 1.22. The molecule has 14 nitrogen and oxygen atoms in total. The standard InChI is InChI=1S/C44H53N5O9S/c1-9-44(33-21-35-38-29(20-28-12-10-11-13-34(28)45-38)24-48(35)39(50)32(33)25-57-41(44)52)58-40(51)37(26(2)3)46-36(47-59(54,55)31-16-14-27(4)15-17-31)18-19-56-30-22-42(5,6)49(53)43(7,8)23-30/h10-17,20-21,26,30,37,53H,9,18-19,22-25H2,1-8H3,(H,46,47)/t37-,44+/m1/s1. The molecule has 0 aliphatic carbocycles. The van der Waals surface area contributed by atoms with Gasteiger partial charge in [0.05, 0.1) is 46.6 Å². The number of nitrogens with one attached hydrogen (secondary N) is 1. The number of cyclic esters (lactones) is 1. The molecule has 0 spiro atoms. The minimum absolute atomic E-state index is 0.00795. The Labute approximate surface area is 344 Å². The Kier molecular flexibility index (Phi) is 11.1. The molecule has 2 aromatic heterocycles. The van der Waals surface area contributed by atoms with Crippen molar-refractivity contribution in [1.82, 2.24) is 19.3 Å². The molecule has 2 atom stereocenters. The average Bonchev–Trinajstić information content (AvgIpc) is 3.53. The van der Waals surface area contributed by atoms with Crippen molar-refractivity contribution < 1.29 is 37.4 Å². The van der Waals surface area contributed by atoms with Gasteiger partial charge in [-0.05, 0) is 90.1 Å². The molecule has 59 heavy (non-hydrogen) atoms. The Morgan fingerprint density at radius 3 is 2.39 bits per heavy atom. The number of aromatic nitrogens is 2. The second-order valence-electron chi connectivity index (χ2n) is 17.5. The molecule has 15 heteroatoms. The smallest absolute Gasteiger partial charge is 0.355 e. The zero-order chi connectivity index (χ0) is 42.7. The molecule has 314 valence electrons. The van der Waals surface area contributed by atoms with Gasteiger partial charge in [-0.3, -0.25) is 14.5 Å². The van der Waals surface area contributed by atoms with Crippen LogP contribution in [0.15, 0.2) is 75.3 Å². The first kappa shape index (κ1) is 42.2. The van der Waals surface area contributed by atoms with Gasteiger partial charge in [-0.25, -0.2) is 23.0 Å². The number of hydrogen-bond donors (Lipinski definition) is 2. The highest BCUT2D eigenvalue weighted by Crippen LogP contribution is 2.42. The first-order valence-corrected chi connectivity index (χ1v) is 21.6. The normalized spacial score (nSPS) is 20.8. The van der Waals surface area contributed by atoms with Crippen molar-refractivity contribution in [3.05, 3.63) is 93.3 Å². The first-order valence-electron chi connectivity index (χ1n) is 20.1. The Morgan fingerprint density at radius 2 is 1.73 bits per heavy atom. The number of aliphatic imine (C=N–C) groups is 1. The van der Waals surface area contributed by atoms with E-state index >= 15 is 0 Å². The van der Waals surface area contributed by atoms with E-state index < -0.39 is 50.6 Å². The lowest BCUT2D eigenvalue weighted by Crippen LogP contribution is -2.60. The predicted octanol–water partition coefficient (Wildman–Crippen LogP) is 6.16. The number of piperidine rings is 1. The number of esters is 2. The van der Waals surface area contributed by atoms with Gasteiger partial charge < -0.3 is 24.0 Å². The van der Waals surface area contributed by atoms with Gasteiger partial charge >= 0.3 is 11.9 Å². The van der Waals surface area contributed by atoms with E-state index in [4.69, 9.17) is 24.2 Å². The van der Waals surface area contributed by atoms with Crippen LogP contribution < -0.4 is 10.3 Å². The van der Waals surface area contributed by atoms with Gasteiger partial charge in [0.2, 0.25) is 5.60 Å². The number of nitrogens with zero attached hydrogens (tertiary/aromatic N) is 4. The molecule has 0 unspecified atom stereocenters. The van der Waals surface area contributed by atoms with E-state index in [1.165, 1.54) is 17.2 Å². The molecule has 0 bridgehead atoms. The van der Waals surface area contributed by atoms with Crippen LogP contribution in [0.1, 0.15) is 96.4 Å². The summed E-state index contributed by atoms with van der Waals surface area (Å²) < 4.78 is 49.8. The van der Waals surface area contributed by atoms with Crippen molar-refractivity contribution in [2.45, 2.75) is 128 Å². The quantitative estimate of drug-likeness (QED) is 0.0886. The fraction of sp³-hybridized carbons (Fsp3) is 0.477. The summed E-state index contributed by atoms with van der Waals surface area (Å²) in [6.07, 6.45) is 0.724. The van der Waals surface area contributed by atoms with Crippen LogP contribution in [0.2, 0.25) is 0 Å². The lowest BCUT2D eigenvalue weighted by Gasteiger charge is -2.51. The maximum Gasteiger partial charge on any atom is 0.355 e. The third kappa shape index (κ3) is 7.93. The largest absolute Gasteiger partial charge is 0.457 e. The minimum atomic E-state index is -4.16. The van der Waals surface area contributed by atoms with E-state index in [1.54, 1.807) is 43.5 Å². The summed E-state index contributed by atoms with van der Waals surface area (Å²) in [7, 11) is -4.16. The number of sulfonamides is 1. The SMILES string of the molecule is CC[C@@]1(OC(=O)[C@H](N=C(CCOC2CC(C)(C)N(O)C(C)(C)C2)NS(=O)(=O)c2ccc(C)cc2)C(C)C)C(=O)OCc2c1cc1n(c2=O)Cc2cc3ccccc3nc2-1. The molecular weight excluding hydrogens is 775 g/mol. The summed E-state index contributed by atoms with van der Waals surface area (Å²) in [5.74, 6) is -2.29. The topological polar surface area (TPSA) is 179 Å². The van der Waals surface area contributed by atoms with Gasteiger partial charge in [0.25, 0.3) is 15.6 Å². The highest BCUT2D eigenvalue weighted by atomic mass is 32.2. The number of carbonyl (C=O) groups is 2. The Bertz CT molecular complexity index is 2490. The van der Waals surface area contributed by atoms with Crippen molar-refractivity contribution >= 4 is 38.7 Å². The molecule has 0 saturated carbocycles. The van der Waals surface area contributed by atoms with Gasteiger partial charge in [-0.2, -0.15) is 5.06 Å². The third-order valence-corrected chi connectivity index (χ3v) is 13.1. The van der Waals surface area contributed by atoms with E-state index in [0.717, 1.165) is 22.0 Å². The summed E-state index contributed by atoms with van der Waals surface area (Å²) in [4.78, 5) is 52.0. The number of rotatable bonds is 11. The molecule has 0 radical (unpaired) electrons. The summed E-state index contributed by atoms with van der Waals surface area (Å²) in [5.41, 5.74) is 0.492. The fourth-order valence-corrected chi connectivity index (χ4v) is 9.73. The number of hydroxylamine groups is 2. The minimum Gasteiger partial charge on any atom is -0.457 e. The molecule has 2 aromatic carbocycles. The number of carbonyl (C=O) groups excluding carboxylic acids is 2. The van der Waals surface area contributed by atoms with Gasteiger partial charge in [0, 0.05) is 34.0 Å². The van der Waals surface area contributed by atoms with E-state index in [9.17, 15) is 28.0 Å². The van der Waals surface area contributed by atoms with Gasteiger partial charge in [-0.15, -0.1) is 0 Å². The molecule has 4 aromatic rings. The fourth-order valence-electron chi connectivity index (χ4n) is 8.65. The number of fused-ring (bicyclic) bond motifs is 5. The number of hydrogen-bond acceptors (Lipinski definition) is 12. The van der Waals surface area contributed by atoms with Crippen LogP contribution >= 0.6 is 0 Å². The molecule has 3 aliphatic rings. The Morgan fingerprint density at radius 1 is 1.05 bits per heavy atom. The van der Waals surface area contributed by atoms with E-state index in [-0.39, 0.29) is 66.1 Å². The van der Waals surface area contributed by atoms with Crippen LogP contribution in [0.3, 0.4) is 0 Å². The van der Waals surface area contributed by atoms with Gasteiger partial charge in [0.15, 0.2) is 6.04 Å². The summed E-state index contributed by atoms with van der Waals surface area (Å²) in [6, 6.07) is 16.4. The number of amidine groups is 1. The van der Waals surface area contributed by atoms with Crippen LogP contribution in [0.5, 0.6) is 0 Å². The summed E-state index contributed by atoms with van der Waals surface area (Å²) in [5, 5.41) is 13.1. The van der Waals surface area contributed by atoms with E-state index in [2.05, 4.69) is 4.72 Å². The lowest BCUT2D eigenvalue weighted by atomic mass is 9.80. The van der Waals surface area contributed by atoms with Crippen LogP contribution in [-0.2, 0) is 52.6 Å². The zero-order valence-electron chi connectivity index (χ0n) is 34.9. The van der Waals surface area contributed by atoms with Crippen molar-refractivity contribution in [3.8, 4) is 11.4 Å². The van der Waals surface area contributed by atoms with Crippen molar-refractivity contribution in [3.63, 3.8) is 0 Å². The van der Waals surface area contributed by atoms with Crippen molar-refractivity contribution in [2.24, 2.45) is 10.9 Å². The summed E-state index contributed by atoms with van der Waals surface area (Å²) in [6.45, 7) is 14.8. The van der Waals surface area contributed by atoms with Crippen LogP contribution in [-0.4, -0.2) is 75.8 Å². The number of aryl methyl sites for hydroxylation is 1. The molecule has 7 rings (SSSR count). The maximum absolute atomic E-state index is 14.5. The van der Waals surface area contributed by atoms with E-state index in [1.807, 2.05) is 65.0 Å². The number of benzene rings is 2. The highest BCUT2D eigenvalue weighted by Gasteiger charge is 2.51. The summed E-state index contributed by atoms with van der Waals surface area (Å²) >= 11 is 0. The average molecular weight is 828 g/mol. The zero-order valence-corrected chi connectivity index (χ0v) is 35.7. The molecule has 1 fully saturated rings. The second-order valence-corrected chi connectivity index (χ2v) is 19.1. The van der Waals surface area contributed by atoms with Crippen LogP contribution in [0, 0.1) is 12.8 Å². The van der Waals surface area contributed by atoms with Crippen molar-refractivity contribution in [2.75, 3.05) is 6.61 Å². The molecular formula is C44H53N5O9S.